The van der Waals surface area contributed by atoms with Crippen LogP contribution in [0.3, 0.4) is 0 Å². The molecule has 1 aliphatic carbocycles. The van der Waals surface area contributed by atoms with Crippen LogP contribution in [-0.4, -0.2) is 54.7 Å². The Balaban J connectivity index is 1.35. The molecule has 2 aliphatic heterocycles. The Morgan fingerprint density at radius 3 is 2.58 bits per heavy atom. The summed E-state index contributed by atoms with van der Waals surface area (Å²) in [5, 5.41) is 3.36. The van der Waals surface area contributed by atoms with Gasteiger partial charge >= 0.3 is 0 Å². The van der Waals surface area contributed by atoms with Gasteiger partial charge < -0.3 is 5.32 Å². The molecular weight excluding hydrogens is 428 g/mol. The number of carbonyl (C=O) groups excluding carboxylic acids is 1. The highest BCUT2D eigenvalue weighted by atomic mass is 32.3. The Labute approximate surface area is 187 Å². The number of nitrogens with one attached hydrogen (secondary N) is 1. The van der Waals surface area contributed by atoms with E-state index >= 15 is 0 Å². The van der Waals surface area contributed by atoms with Crippen LogP contribution in [0.15, 0.2) is 18.3 Å². The first-order chi connectivity index (χ1) is 14.9. The minimum absolute atomic E-state index is 0.250. The summed E-state index contributed by atoms with van der Waals surface area (Å²) >= 11 is 1.21. The van der Waals surface area contributed by atoms with Gasteiger partial charge in [0.25, 0.3) is 0 Å². The van der Waals surface area contributed by atoms with Crippen molar-refractivity contribution in [3.63, 3.8) is 0 Å². The lowest BCUT2D eigenvalue weighted by Gasteiger charge is -2.42. The number of amides is 1. The van der Waals surface area contributed by atoms with Gasteiger partial charge in [0.1, 0.15) is 16.9 Å². The average molecular weight is 455 g/mol. The highest BCUT2D eigenvalue weighted by Crippen LogP contribution is 2.58. The van der Waals surface area contributed by atoms with Gasteiger partial charge in [-0.15, -0.1) is 0 Å². The molecule has 3 aromatic rings. The zero-order chi connectivity index (χ0) is 21.4. The summed E-state index contributed by atoms with van der Waals surface area (Å²) in [5.41, 5.74) is 4.41. The second-order valence-corrected chi connectivity index (χ2v) is 14.5. The number of aryl methyl sites for hydroxylation is 1. The second kappa shape index (κ2) is 6.62. The first kappa shape index (κ1) is 19.4. The molecule has 6 rings (SSSR count). The third-order valence-corrected chi connectivity index (χ3v) is 10.3. The second-order valence-electron chi connectivity index (χ2n) is 9.64. The first-order valence-electron chi connectivity index (χ1n) is 10.8. The number of rotatable bonds is 3. The van der Waals surface area contributed by atoms with Crippen molar-refractivity contribution in [1.82, 2.24) is 18.7 Å². The van der Waals surface area contributed by atoms with Crippen LogP contribution in [-0.2, 0) is 10.2 Å². The zero-order valence-corrected chi connectivity index (χ0v) is 19.6. The molecule has 3 aliphatic rings. The van der Waals surface area contributed by atoms with E-state index in [1.54, 1.807) is 0 Å². The molecule has 7 nitrogen and oxygen atoms in total. The third kappa shape index (κ3) is 3.04. The smallest absolute Gasteiger partial charge is 0.239 e. The van der Waals surface area contributed by atoms with Gasteiger partial charge in [-0.2, -0.15) is 13.7 Å². The fourth-order valence-electron chi connectivity index (χ4n) is 4.95. The number of carbonyl (C=O) groups is 1. The van der Waals surface area contributed by atoms with E-state index in [1.807, 2.05) is 30.2 Å². The van der Waals surface area contributed by atoms with Crippen molar-refractivity contribution in [2.45, 2.75) is 44.1 Å². The van der Waals surface area contributed by atoms with Gasteiger partial charge in [0.2, 0.25) is 11.9 Å². The minimum atomic E-state index is -0.513. The molecule has 1 saturated carbocycles. The quantitative estimate of drug-likeness (QED) is 0.640. The molecule has 0 atom stereocenters. The van der Waals surface area contributed by atoms with E-state index < -0.39 is 10.0 Å². The summed E-state index contributed by atoms with van der Waals surface area (Å²) in [6.45, 7) is 2.04. The molecule has 1 spiro atoms. The average Bonchev–Trinajstić information content (AvgIpc) is 3.36. The summed E-state index contributed by atoms with van der Waals surface area (Å²) in [4.78, 5) is 25.0. The van der Waals surface area contributed by atoms with Crippen LogP contribution < -0.4 is 10.2 Å². The molecule has 31 heavy (non-hydrogen) atoms. The van der Waals surface area contributed by atoms with Crippen molar-refractivity contribution in [3.05, 3.63) is 29.5 Å². The monoisotopic (exact) mass is 454 g/mol. The van der Waals surface area contributed by atoms with Crippen molar-refractivity contribution >= 4 is 56.2 Å². The predicted octanol–water partition coefficient (Wildman–Crippen LogP) is 4.14. The number of nitrogens with zero attached hydrogens (tertiary/aromatic N) is 5. The maximum atomic E-state index is 13.5. The summed E-state index contributed by atoms with van der Waals surface area (Å²) in [6.07, 6.45) is 10.7. The van der Waals surface area contributed by atoms with E-state index in [1.165, 1.54) is 23.2 Å². The van der Waals surface area contributed by atoms with E-state index in [-0.39, 0.29) is 17.4 Å². The molecule has 0 bridgehead atoms. The summed E-state index contributed by atoms with van der Waals surface area (Å²) < 4.78 is 8.65. The van der Waals surface area contributed by atoms with E-state index in [0.717, 1.165) is 59.3 Å². The van der Waals surface area contributed by atoms with Gasteiger partial charge in [-0.3, -0.25) is 9.69 Å². The van der Waals surface area contributed by atoms with Crippen LogP contribution in [0.1, 0.15) is 36.8 Å². The number of anilines is 3. The lowest BCUT2D eigenvalue weighted by molar-refractivity contribution is -0.120. The molecule has 0 radical (unpaired) electrons. The Morgan fingerprint density at radius 1 is 1.16 bits per heavy atom. The van der Waals surface area contributed by atoms with Crippen molar-refractivity contribution in [2.75, 3.05) is 34.2 Å². The normalized spacial score (nSPS) is 22.7. The topological polar surface area (TPSA) is 83.9 Å². The SMILES string of the molecule is Cc1cc2nsnc2cc1Nc1ncc2c(n1)N(C1CCS(C)(C)CC1)C(=O)C21CC1. The lowest BCUT2D eigenvalue weighted by atomic mass is 10.0. The fraction of sp³-hybridized carbons (Fsp3) is 0.500. The van der Waals surface area contributed by atoms with Crippen LogP contribution in [0.5, 0.6) is 0 Å². The molecule has 1 aromatic carbocycles. The zero-order valence-electron chi connectivity index (χ0n) is 18.0. The molecule has 0 unspecified atom stereocenters. The molecule has 1 amide bonds. The summed E-state index contributed by atoms with van der Waals surface area (Å²) in [7, 11) is -0.513. The molecule has 2 aromatic heterocycles. The van der Waals surface area contributed by atoms with Crippen LogP contribution in [0.2, 0.25) is 0 Å². The van der Waals surface area contributed by atoms with Crippen molar-refractivity contribution in [3.8, 4) is 0 Å². The number of benzene rings is 1. The maximum Gasteiger partial charge on any atom is 0.239 e. The predicted molar refractivity (Wildman–Crippen MR) is 128 cm³/mol. The third-order valence-electron chi connectivity index (χ3n) is 7.11. The number of hydrogen-bond donors (Lipinski definition) is 1. The maximum absolute atomic E-state index is 13.5. The molecule has 162 valence electrons. The fourth-order valence-corrected chi connectivity index (χ4v) is 7.48. The minimum Gasteiger partial charge on any atom is -0.324 e. The Hall–Kier alpha value is -2.26. The van der Waals surface area contributed by atoms with Crippen molar-refractivity contribution in [2.24, 2.45) is 0 Å². The van der Waals surface area contributed by atoms with Gasteiger partial charge in [0.15, 0.2) is 0 Å². The van der Waals surface area contributed by atoms with E-state index in [9.17, 15) is 4.79 Å². The largest absolute Gasteiger partial charge is 0.324 e. The molecule has 9 heteroatoms. The lowest BCUT2D eigenvalue weighted by Crippen LogP contribution is -2.44. The van der Waals surface area contributed by atoms with Gasteiger partial charge in [-0.25, -0.2) is 15.0 Å². The first-order valence-corrected chi connectivity index (χ1v) is 14.3. The van der Waals surface area contributed by atoms with Crippen LogP contribution in [0, 0.1) is 6.92 Å². The van der Waals surface area contributed by atoms with E-state index in [0.29, 0.717) is 5.95 Å². The molecule has 4 heterocycles. The van der Waals surface area contributed by atoms with Gasteiger partial charge in [-0.1, -0.05) is 0 Å². The Morgan fingerprint density at radius 2 is 1.87 bits per heavy atom. The van der Waals surface area contributed by atoms with Crippen molar-refractivity contribution < 1.29 is 4.79 Å². The standard InChI is InChI=1S/C22H26N6OS2/c1-13-10-17-18(27-30-26-17)11-16(13)24-21-23-12-15-19(25-21)28(20(29)22(15)6-7-22)14-4-8-31(2,3)9-5-14/h10-12,14H,4-9H2,1-3H3,(H,23,24,25). The number of aromatic nitrogens is 4. The summed E-state index contributed by atoms with van der Waals surface area (Å²) in [6, 6.07) is 4.27. The van der Waals surface area contributed by atoms with E-state index in [4.69, 9.17) is 4.98 Å². The van der Waals surface area contributed by atoms with Crippen molar-refractivity contribution in [1.29, 1.82) is 0 Å². The summed E-state index contributed by atoms with van der Waals surface area (Å²) in [5.74, 6) is 4.05. The molecule has 2 fully saturated rings. The Kier molecular flexibility index (Phi) is 4.15. The van der Waals surface area contributed by atoms with Gasteiger partial charge in [0.05, 0.1) is 17.1 Å². The molecular formula is C22H26N6OS2. The number of fused-ring (bicyclic) bond motifs is 3. The van der Waals surface area contributed by atoms with Crippen LogP contribution in [0.4, 0.5) is 17.5 Å². The van der Waals surface area contributed by atoms with Crippen LogP contribution >= 0.6 is 21.8 Å². The molecule has 1 saturated heterocycles. The molecule has 1 N–H and O–H groups in total. The van der Waals surface area contributed by atoms with Gasteiger partial charge in [0, 0.05) is 23.5 Å². The number of hydrogen-bond acceptors (Lipinski definition) is 7. The Bertz CT molecular complexity index is 1210. The highest BCUT2D eigenvalue weighted by Gasteiger charge is 2.61. The van der Waals surface area contributed by atoms with Gasteiger partial charge in [-0.05, 0) is 74.3 Å². The highest BCUT2D eigenvalue weighted by molar-refractivity contribution is 8.32. The van der Waals surface area contributed by atoms with E-state index in [2.05, 4.69) is 31.6 Å². The van der Waals surface area contributed by atoms with Crippen LogP contribution in [0.25, 0.3) is 11.0 Å².